The smallest absolute Gasteiger partial charge is 0.349 e. The van der Waals surface area contributed by atoms with Crippen molar-refractivity contribution >= 4 is 16.9 Å². The van der Waals surface area contributed by atoms with Crippen LogP contribution in [0.25, 0.3) is 11.0 Å². The average Bonchev–Trinajstić information content (AvgIpc) is 2.65. The second-order valence-electron chi connectivity index (χ2n) is 5.53. The van der Waals surface area contributed by atoms with Gasteiger partial charge in [0.25, 0.3) is 5.91 Å². The Morgan fingerprint density at radius 1 is 1.15 bits per heavy atom. The molecule has 0 unspecified atom stereocenters. The van der Waals surface area contributed by atoms with Gasteiger partial charge in [0.1, 0.15) is 29.3 Å². The quantitative estimate of drug-likeness (QED) is 0.661. The van der Waals surface area contributed by atoms with Crippen LogP contribution in [0.1, 0.15) is 15.9 Å². The Kier molecular flexibility index (Phi) is 5.28. The van der Waals surface area contributed by atoms with E-state index in [1.807, 2.05) is 0 Å². The van der Waals surface area contributed by atoms with Crippen LogP contribution in [0.3, 0.4) is 0 Å². The van der Waals surface area contributed by atoms with Crippen LogP contribution < -0.4 is 15.7 Å². The average molecular weight is 357 g/mol. The van der Waals surface area contributed by atoms with Gasteiger partial charge in [-0.05, 0) is 35.9 Å². The molecule has 0 saturated carbocycles. The van der Waals surface area contributed by atoms with Crippen LogP contribution in [0.5, 0.6) is 5.75 Å². The van der Waals surface area contributed by atoms with E-state index in [4.69, 9.17) is 14.3 Å². The lowest BCUT2D eigenvalue weighted by molar-refractivity contribution is 0.0947. The number of benzene rings is 2. The summed E-state index contributed by atoms with van der Waals surface area (Å²) in [5.41, 5.74) is 0.0909. The van der Waals surface area contributed by atoms with Crippen LogP contribution in [0.4, 0.5) is 4.39 Å². The van der Waals surface area contributed by atoms with Gasteiger partial charge >= 0.3 is 5.63 Å². The molecule has 0 fully saturated rings. The molecule has 2 N–H and O–H groups in total. The number of ether oxygens (including phenoxy) is 1. The van der Waals surface area contributed by atoms with Crippen molar-refractivity contribution in [1.29, 1.82) is 0 Å². The van der Waals surface area contributed by atoms with Gasteiger partial charge in [0.05, 0.1) is 6.61 Å². The highest BCUT2D eigenvalue weighted by atomic mass is 19.1. The maximum atomic E-state index is 12.9. The third-order valence-corrected chi connectivity index (χ3v) is 3.68. The number of hydrogen-bond donors (Lipinski definition) is 2. The lowest BCUT2D eigenvalue weighted by atomic mass is 10.1. The molecule has 0 aliphatic heterocycles. The van der Waals surface area contributed by atoms with Crippen LogP contribution in [-0.4, -0.2) is 24.2 Å². The summed E-state index contributed by atoms with van der Waals surface area (Å²) < 4.78 is 23.3. The molecular formula is C19H16FNO5. The zero-order valence-electron chi connectivity index (χ0n) is 13.7. The van der Waals surface area contributed by atoms with Crippen molar-refractivity contribution < 1.29 is 23.4 Å². The lowest BCUT2D eigenvalue weighted by Crippen LogP contribution is -2.27. The Morgan fingerprint density at radius 3 is 2.65 bits per heavy atom. The number of hydrogen-bond acceptors (Lipinski definition) is 5. The summed E-state index contributed by atoms with van der Waals surface area (Å²) in [6.07, 6.45) is 0. The molecule has 1 aromatic heterocycles. The van der Waals surface area contributed by atoms with Crippen molar-refractivity contribution in [2.45, 2.75) is 6.54 Å². The number of carbonyl (C=O) groups is 1. The van der Waals surface area contributed by atoms with E-state index >= 15 is 0 Å². The van der Waals surface area contributed by atoms with Gasteiger partial charge in [0.15, 0.2) is 0 Å². The van der Waals surface area contributed by atoms with Gasteiger partial charge in [-0.25, -0.2) is 9.18 Å². The number of nitrogens with one attached hydrogen (secondary N) is 1. The largest absolute Gasteiger partial charge is 0.491 e. The molecule has 0 atom stereocenters. The molecule has 0 saturated heterocycles. The molecule has 7 heteroatoms. The summed E-state index contributed by atoms with van der Waals surface area (Å²) in [5, 5.41) is 11.9. The summed E-state index contributed by atoms with van der Waals surface area (Å²) >= 11 is 0. The van der Waals surface area contributed by atoms with E-state index in [0.717, 1.165) is 0 Å². The fraction of sp³-hybridized carbons (Fsp3) is 0.158. The fourth-order valence-electron chi connectivity index (χ4n) is 2.38. The van der Waals surface area contributed by atoms with Crippen LogP contribution in [-0.2, 0) is 6.54 Å². The summed E-state index contributed by atoms with van der Waals surface area (Å²) in [6.45, 7) is 0.152. The number of aliphatic hydroxyl groups is 1. The first-order chi connectivity index (χ1) is 12.6. The number of amides is 1. The molecule has 26 heavy (non-hydrogen) atoms. The highest BCUT2D eigenvalue weighted by Gasteiger charge is 2.14. The predicted octanol–water partition coefficient (Wildman–Crippen LogP) is 2.23. The topological polar surface area (TPSA) is 88.8 Å². The number of rotatable bonds is 6. The minimum absolute atomic E-state index is 0.122. The molecule has 0 aliphatic rings. The first kappa shape index (κ1) is 17.6. The van der Waals surface area contributed by atoms with E-state index < -0.39 is 11.5 Å². The van der Waals surface area contributed by atoms with Gasteiger partial charge in [-0.3, -0.25) is 4.79 Å². The molecule has 0 aliphatic carbocycles. The van der Waals surface area contributed by atoms with Crippen LogP contribution in [0.15, 0.2) is 57.7 Å². The van der Waals surface area contributed by atoms with Gasteiger partial charge in [-0.2, -0.15) is 0 Å². The first-order valence-electron chi connectivity index (χ1n) is 7.91. The molecule has 6 nitrogen and oxygen atoms in total. The SMILES string of the molecule is O=C(NCc1ccc(F)cc1)c1cc2ccc(OCCO)cc2oc1=O. The third-order valence-electron chi connectivity index (χ3n) is 3.68. The predicted molar refractivity (Wildman–Crippen MR) is 92.6 cm³/mol. The second kappa shape index (κ2) is 7.79. The lowest BCUT2D eigenvalue weighted by Gasteiger charge is -2.07. The zero-order valence-corrected chi connectivity index (χ0v) is 13.7. The summed E-state index contributed by atoms with van der Waals surface area (Å²) in [4.78, 5) is 24.4. The number of halogens is 1. The van der Waals surface area contributed by atoms with Crippen LogP contribution >= 0.6 is 0 Å². The van der Waals surface area contributed by atoms with Gasteiger partial charge in [0, 0.05) is 18.0 Å². The Morgan fingerprint density at radius 2 is 1.92 bits per heavy atom. The highest BCUT2D eigenvalue weighted by Crippen LogP contribution is 2.20. The molecule has 3 aromatic rings. The summed E-state index contributed by atoms with van der Waals surface area (Å²) in [5.74, 6) is -0.494. The molecule has 0 radical (unpaired) electrons. The normalized spacial score (nSPS) is 10.7. The minimum Gasteiger partial charge on any atom is -0.491 e. The van der Waals surface area contributed by atoms with Crippen molar-refractivity contribution in [3.05, 3.63) is 75.9 Å². The zero-order chi connectivity index (χ0) is 18.5. The Hall–Kier alpha value is -3.19. The van der Waals surface area contributed by atoms with Crippen molar-refractivity contribution in [1.82, 2.24) is 5.32 Å². The second-order valence-corrected chi connectivity index (χ2v) is 5.53. The van der Waals surface area contributed by atoms with Crippen molar-refractivity contribution in [2.75, 3.05) is 13.2 Å². The van der Waals surface area contributed by atoms with E-state index in [9.17, 15) is 14.0 Å². The molecule has 134 valence electrons. The van der Waals surface area contributed by atoms with Gasteiger partial charge in [-0.15, -0.1) is 0 Å². The van der Waals surface area contributed by atoms with Crippen molar-refractivity contribution in [3.63, 3.8) is 0 Å². The molecular weight excluding hydrogens is 341 g/mol. The fourth-order valence-corrected chi connectivity index (χ4v) is 2.38. The monoisotopic (exact) mass is 357 g/mol. The Labute approximate surface area is 147 Å². The van der Waals surface area contributed by atoms with E-state index in [1.165, 1.54) is 24.3 Å². The van der Waals surface area contributed by atoms with E-state index in [1.54, 1.807) is 24.3 Å². The Balaban J connectivity index is 1.78. The molecule has 2 aromatic carbocycles. The van der Waals surface area contributed by atoms with Crippen molar-refractivity contribution in [3.8, 4) is 5.75 Å². The summed E-state index contributed by atoms with van der Waals surface area (Å²) in [6, 6.07) is 12.0. The van der Waals surface area contributed by atoms with Gasteiger partial charge < -0.3 is 19.6 Å². The molecule has 1 heterocycles. The van der Waals surface area contributed by atoms with Crippen molar-refractivity contribution in [2.24, 2.45) is 0 Å². The van der Waals surface area contributed by atoms with Gasteiger partial charge in [-0.1, -0.05) is 12.1 Å². The van der Waals surface area contributed by atoms with Crippen LogP contribution in [0, 0.1) is 5.82 Å². The van der Waals surface area contributed by atoms with Crippen LogP contribution in [0.2, 0.25) is 0 Å². The standard InChI is InChI=1S/C19H16FNO5/c20-14-4-1-12(2-5-14)11-21-18(23)16-9-13-3-6-15(25-8-7-22)10-17(13)26-19(16)24/h1-6,9-10,22H,7-8,11H2,(H,21,23). The summed E-state index contributed by atoms with van der Waals surface area (Å²) in [7, 11) is 0. The maximum absolute atomic E-state index is 12.9. The van der Waals surface area contributed by atoms with E-state index in [0.29, 0.717) is 16.7 Å². The van der Waals surface area contributed by atoms with E-state index in [2.05, 4.69) is 5.32 Å². The maximum Gasteiger partial charge on any atom is 0.349 e. The third kappa shape index (κ3) is 4.07. The van der Waals surface area contributed by atoms with Gasteiger partial charge in [0.2, 0.25) is 0 Å². The number of carbonyl (C=O) groups excluding carboxylic acids is 1. The molecule has 0 spiro atoms. The number of aliphatic hydroxyl groups excluding tert-OH is 1. The highest BCUT2D eigenvalue weighted by molar-refractivity contribution is 5.96. The van der Waals surface area contributed by atoms with E-state index in [-0.39, 0.29) is 36.7 Å². The Bertz CT molecular complexity index is 981. The first-order valence-corrected chi connectivity index (χ1v) is 7.91. The minimum atomic E-state index is -0.770. The molecule has 1 amide bonds. The number of fused-ring (bicyclic) bond motifs is 1. The molecule has 0 bridgehead atoms. The molecule has 3 rings (SSSR count).